The van der Waals surface area contributed by atoms with Crippen LogP contribution in [-0.2, 0) is 11.3 Å². The first-order chi connectivity index (χ1) is 9.19. The molecule has 0 unspecified atom stereocenters. The van der Waals surface area contributed by atoms with Crippen molar-refractivity contribution in [2.24, 2.45) is 11.7 Å². The third-order valence-corrected chi connectivity index (χ3v) is 3.77. The highest BCUT2D eigenvalue weighted by Gasteiger charge is 2.24. The number of carbonyl (C=O) groups is 1. The summed E-state index contributed by atoms with van der Waals surface area (Å²) >= 11 is 0. The van der Waals surface area contributed by atoms with Crippen molar-refractivity contribution in [3.05, 3.63) is 29.8 Å². The van der Waals surface area contributed by atoms with Crippen molar-refractivity contribution in [2.45, 2.75) is 38.3 Å². The van der Waals surface area contributed by atoms with Gasteiger partial charge >= 0.3 is 0 Å². The smallest absolute Gasteiger partial charge is 0.223 e. The van der Waals surface area contributed by atoms with Crippen molar-refractivity contribution in [3.8, 4) is 5.75 Å². The number of nitrogens with one attached hydrogen (secondary N) is 1. The summed E-state index contributed by atoms with van der Waals surface area (Å²) in [7, 11) is 1.64. The molecule has 0 saturated heterocycles. The molecule has 104 valence electrons. The van der Waals surface area contributed by atoms with E-state index in [1.807, 2.05) is 24.3 Å². The first-order valence-electron chi connectivity index (χ1n) is 6.85. The van der Waals surface area contributed by atoms with Gasteiger partial charge in [0, 0.05) is 18.5 Å². The van der Waals surface area contributed by atoms with Gasteiger partial charge in [-0.15, -0.1) is 0 Å². The van der Waals surface area contributed by atoms with Crippen LogP contribution in [0.3, 0.4) is 0 Å². The Kier molecular flexibility index (Phi) is 4.80. The van der Waals surface area contributed by atoms with Crippen molar-refractivity contribution >= 4 is 5.91 Å². The van der Waals surface area contributed by atoms with E-state index < -0.39 is 0 Å². The van der Waals surface area contributed by atoms with E-state index in [1.54, 1.807) is 7.11 Å². The number of hydrogen-bond donors (Lipinski definition) is 2. The molecule has 0 radical (unpaired) electrons. The summed E-state index contributed by atoms with van der Waals surface area (Å²) in [5, 5.41) is 3.00. The van der Waals surface area contributed by atoms with Crippen molar-refractivity contribution in [2.75, 3.05) is 7.11 Å². The Balaban J connectivity index is 1.79. The molecule has 0 aliphatic heterocycles. The van der Waals surface area contributed by atoms with E-state index >= 15 is 0 Å². The van der Waals surface area contributed by atoms with E-state index in [2.05, 4.69) is 5.32 Å². The summed E-state index contributed by atoms with van der Waals surface area (Å²) < 4.78 is 5.10. The zero-order valence-electron chi connectivity index (χ0n) is 11.4. The van der Waals surface area contributed by atoms with E-state index in [1.165, 1.54) is 0 Å². The van der Waals surface area contributed by atoms with Crippen molar-refractivity contribution in [3.63, 3.8) is 0 Å². The molecule has 2 rings (SSSR count). The number of nitrogens with two attached hydrogens (primary N) is 1. The normalized spacial score (nSPS) is 22.8. The molecule has 3 N–H and O–H groups in total. The molecule has 0 atom stereocenters. The van der Waals surface area contributed by atoms with Crippen LogP contribution in [0.25, 0.3) is 0 Å². The maximum atomic E-state index is 12.0. The van der Waals surface area contributed by atoms with Crippen LogP contribution in [-0.4, -0.2) is 19.1 Å². The average molecular weight is 262 g/mol. The first-order valence-corrected chi connectivity index (χ1v) is 6.85. The predicted octanol–water partition coefficient (Wildman–Crippen LogP) is 1.83. The minimum atomic E-state index is 0.137. The second-order valence-electron chi connectivity index (χ2n) is 5.18. The second-order valence-corrected chi connectivity index (χ2v) is 5.18. The standard InChI is InChI=1S/C15H22N2O2/c1-19-14-8-2-11(3-9-14)10-17-15(18)12-4-6-13(16)7-5-12/h2-3,8-9,12-13H,4-7,10,16H2,1H3,(H,17,18). The van der Waals surface area contributed by atoms with Gasteiger partial charge in [-0.2, -0.15) is 0 Å². The van der Waals surface area contributed by atoms with E-state index in [-0.39, 0.29) is 17.9 Å². The Labute approximate surface area is 114 Å². The molecule has 4 nitrogen and oxygen atoms in total. The van der Waals surface area contributed by atoms with Crippen LogP contribution in [0.2, 0.25) is 0 Å². The van der Waals surface area contributed by atoms with Crippen LogP contribution in [0.4, 0.5) is 0 Å². The highest BCUT2D eigenvalue weighted by molar-refractivity contribution is 5.78. The Morgan fingerprint density at radius 1 is 1.26 bits per heavy atom. The van der Waals surface area contributed by atoms with Crippen LogP contribution in [0.1, 0.15) is 31.2 Å². The van der Waals surface area contributed by atoms with Crippen LogP contribution in [0.5, 0.6) is 5.75 Å². The fraction of sp³-hybridized carbons (Fsp3) is 0.533. The molecule has 0 aromatic heterocycles. The lowest BCUT2D eigenvalue weighted by molar-refractivity contribution is -0.126. The minimum absolute atomic E-state index is 0.137. The van der Waals surface area contributed by atoms with Crippen LogP contribution >= 0.6 is 0 Å². The largest absolute Gasteiger partial charge is 0.497 e. The van der Waals surface area contributed by atoms with Gasteiger partial charge < -0.3 is 15.8 Å². The maximum Gasteiger partial charge on any atom is 0.223 e. The number of hydrogen-bond acceptors (Lipinski definition) is 3. The molecule has 0 bridgehead atoms. The molecule has 0 heterocycles. The van der Waals surface area contributed by atoms with Gasteiger partial charge in [0.05, 0.1) is 7.11 Å². The van der Waals surface area contributed by atoms with Gasteiger partial charge in [0.15, 0.2) is 0 Å². The van der Waals surface area contributed by atoms with Crippen LogP contribution in [0, 0.1) is 5.92 Å². The molecular formula is C15H22N2O2. The van der Waals surface area contributed by atoms with Crippen LogP contribution < -0.4 is 15.8 Å². The monoisotopic (exact) mass is 262 g/mol. The van der Waals surface area contributed by atoms with Crippen molar-refractivity contribution in [1.82, 2.24) is 5.32 Å². The highest BCUT2D eigenvalue weighted by atomic mass is 16.5. The predicted molar refractivity (Wildman–Crippen MR) is 74.8 cm³/mol. The van der Waals surface area contributed by atoms with Gasteiger partial charge in [0.2, 0.25) is 5.91 Å². The second kappa shape index (κ2) is 6.57. The Morgan fingerprint density at radius 2 is 1.89 bits per heavy atom. The third-order valence-electron chi connectivity index (χ3n) is 3.77. The quantitative estimate of drug-likeness (QED) is 0.870. The summed E-state index contributed by atoms with van der Waals surface area (Å²) in [6.07, 6.45) is 3.74. The lowest BCUT2D eigenvalue weighted by atomic mass is 9.86. The molecule has 1 saturated carbocycles. The molecule has 1 aliphatic carbocycles. The van der Waals surface area contributed by atoms with Gasteiger partial charge in [0.1, 0.15) is 5.75 Å². The number of amides is 1. The maximum absolute atomic E-state index is 12.0. The fourth-order valence-electron chi connectivity index (χ4n) is 2.46. The molecule has 0 spiro atoms. The summed E-state index contributed by atoms with van der Waals surface area (Å²) in [4.78, 5) is 12.0. The summed E-state index contributed by atoms with van der Waals surface area (Å²) in [5.41, 5.74) is 6.93. The van der Waals surface area contributed by atoms with Gasteiger partial charge in [0.25, 0.3) is 0 Å². The van der Waals surface area contributed by atoms with E-state index in [0.29, 0.717) is 6.54 Å². The highest BCUT2D eigenvalue weighted by Crippen LogP contribution is 2.23. The summed E-state index contributed by atoms with van der Waals surface area (Å²) in [6, 6.07) is 8.03. The molecule has 1 aliphatic rings. The van der Waals surface area contributed by atoms with E-state index in [0.717, 1.165) is 37.0 Å². The van der Waals surface area contributed by atoms with Crippen LogP contribution in [0.15, 0.2) is 24.3 Å². The van der Waals surface area contributed by atoms with Gasteiger partial charge in [-0.1, -0.05) is 12.1 Å². The van der Waals surface area contributed by atoms with Gasteiger partial charge in [-0.25, -0.2) is 0 Å². The zero-order chi connectivity index (χ0) is 13.7. The Bertz CT molecular complexity index is 409. The molecular weight excluding hydrogens is 240 g/mol. The average Bonchev–Trinajstić information content (AvgIpc) is 2.46. The zero-order valence-corrected chi connectivity index (χ0v) is 11.4. The SMILES string of the molecule is COc1ccc(CNC(=O)C2CCC(N)CC2)cc1. The number of benzene rings is 1. The molecule has 1 fully saturated rings. The lowest BCUT2D eigenvalue weighted by Crippen LogP contribution is -2.35. The Morgan fingerprint density at radius 3 is 2.47 bits per heavy atom. The molecule has 1 amide bonds. The number of carbonyl (C=O) groups excluding carboxylic acids is 1. The Hall–Kier alpha value is -1.55. The summed E-state index contributed by atoms with van der Waals surface area (Å²) in [6.45, 7) is 0.575. The molecule has 4 heteroatoms. The molecule has 19 heavy (non-hydrogen) atoms. The number of methoxy groups -OCH3 is 1. The molecule has 1 aromatic carbocycles. The number of rotatable bonds is 4. The van der Waals surface area contributed by atoms with Crippen molar-refractivity contribution in [1.29, 1.82) is 0 Å². The lowest BCUT2D eigenvalue weighted by Gasteiger charge is -2.25. The fourth-order valence-corrected chi connectivity index (χ4v) is 2.46. The van der Waals surface area contributed by atoms with E-state index in [4.69, 9.17) is 10.5 Å². The third kappa shape index (κ3) is 3.96. The summed E-state index contributed by atoms with van der Waals surface area (Å²) in [5.74, 6) is 1.12. The van der Waals surface area contributed by atoms with Gasteiger partial charge in [-0.05, 0) is 43.4 Å². The molecule has 1 aromatic rings. The minimum Gasteiger partial charge on any atom is -0.497 e. The van der Waals surface area contributed by atoms with Gasteiger partial charge in [-0.3, -0.25) is 4.79 Å². The number of ether oxygens (including phenoxy) is 1. The van der Waals surface area contributed by atoms with E-state index in [9.17, 15) is 4.79 Å². The van der Waals surface area contributed by atoms with Crippen molar-refractivity contribution < 1.29 is 9.53 Å². The topological polar surface area (TPSA) is 64.3 Å². The first kappa shape index (κ1) is 13.9.